The van der Waals surface area contributed by atoms with E-state index in [-0.39, 0.29) is 11.4 Å². The van der Waals surface area contributed by atoms with Gasteiger partial charge in [0.1, 0.15) is 0 Å². The molecule has 0 saturated carbocycles. The number of piperazine rings is 1. The quantitative estimate of drug-likeness (QED) is 0.766. The number of amides is 1. The Kier molecular flexibility index (Phi) is 5.71. The highest BCUT2D eigenvalue weighted by Crippen LogP contribution is 2.32. The van der Waals surface area contributed by atoms with E-state index in [1.807, 2.05) is 11.8 Å². The minimum atomic E-state index is 0.0325. The number of aromatic nitrogens is 2. The van der Waals surface area contributed by atoms with E-state index in [0.29, 0.717) is 37.8 Å². The normalized spacial score (nSPS) is 26.4. The van der Waals surface area contributed by atoms with Crippen molar-refractivity contribution in [2.45, 2.75) is 38.3 Å². The topological polar surface area (TPSA) is 74.9 Å². The molecule has 8 heteroatoms. The molecule has 0 aliphatic carbocycles. The summed E-state index contributed by atoms with van der Waals surface area (Å²) in [4.78, 5) is 23.5. The molecule has 0 bridgehead atoms. The van der Waals surface area contributed by atoms with Gasteiger partial charge in [0, 0.05) is 51.8 Å². The van der Waals surface area contributed by atoms with Crippen molar-refractivity contribution in [3.8, 4) is 0 Å². The highest BCUT2D eigenvalue weighted by Gasteiger charge is 2.42. The van der Waals surface area contributed by atoms with Crippen LogP contribution in [0.5, 0.6) is 0 Å². The lowest BCUT2D eigenvalue weighted by atomic mass is 9.86. The van der Waals surface area contributed by atoms with E-state index >= 15 is 0 Å². The fourth-order valence-electron chi connectivity index (χ4n) is 3.94. The Labute approximate surface area is 149 Å². The number of hydrogen-bond donors (Lipinski definition) is 0. The van der Waals surface area contributed by atoms with E-state index < -0.39 is 0 Å². The van der Waals surface area contributed by atoms with E-state index in [1.165, 1.54) is 0 Å². The lowest BCUT2D eigenvalue weighted by molar-refractivity contribution is -0.131. The van der Waals surface area contributed by atoms with Crippen LogP contribution >= 0.6 is 0 Å². The third-order valence-corrected chi connectivity index (χ3v) is 5.58. The number of ether oxygens (including phenoxy) is 1. The number of rotatable bonds is 5. The van der Waals surface area contributed by atoms with Crippen LogP contribution in [0.25, 0.3) is 0 Å². The van der Waals surface area contributed by atoms with Gasteiger partial charge in [-0.05, 0) is 26.8 Å². The van der Waals surface area contributed by atoms with Crippen LogP contribution in [0.1, 0.15) is 31.0 Å². The molecular weight excluding hydrogens is 322 g/mol. The van der Waals surface area contributed by atoms with Crippen LogP contribution in [-0.4, -0.2) is 89.8 Å². The summed E-state index contributed by atoms with van der Waals surface area (Å²) in [5.74, 6) is 1.59. The van der Waals surface area contributed by atoms with Crippen LogP contribution in [0.15, 0.2) is 4.52 Å². The van der Waals surface area contributed by atoms with Crippen molar-refractivity contribution in [2.24, 2.45) is 0 Å². The molecule has 1 atom stereocenters. The van der Waals surface area contributed by atoms with E-state index in [0.717, 1.165) is 39.0 Å². The third kappa shape index (κ3) is 4.19. The highest BCUT2D eigenvalue weighted by molar-refractivity contribution is 5.76. The van der Waals surface area contributed by atoms with Gasteiger partial charge in [-0.25, -0.2) is 0 Å². The van der Waals surface area contributed by atoms with Crippen LogP contribution in [-0.2, 0) is 16.1 Å². The predicted octanol–water partition coefficient (Wildman–Crippen LogP) is 0.523. The SMILES string of the molecule is COCCN1CC[C@@]2(CCC1=O)CN(Cc1nc(C)no1)CCN2C. The fourth-order valence-corrected chi connectivity index (χ4v) is 3.94. The Bertz CT molecular complexity index is 593. The number of methoxy groups -OCH3 is 1. The Morgan fingerprint density at radius 3 is 2.84 bits per heavy atom. The standard InChI is InChI=1S/C17H29N5O3/c1-14-18-15(25-19-14)12-21-9-8-20(2)17(13-21)5-4-16(23)22(7-6-17)10-11-24-3/h4-13H2,1-3H3/t17-/m0/s1. The smallest absolute Gasteiger partial charge is 0.240 e. The molecule has 8 nitrogen and oxygen atoms in total. The summed E-state index contributed by atoms with van der Waals surface area (Å²) < 4.78 is 10.4. The van der Waals surface area contributed by atoms with Gasteiger partial charge in [0.05, 0.1) is 13.2 Å². The van der Waals surface area contributed by atoms with Gasteiger partial charge in [-0.15, -0.1) is 0 Å². The summed E-state index contributed by atoms with van der Waals surface area (Å²) in [6.45, 7) is 7.47. The number of aryl methyl sites for hydroxylation is 1. The second-order valence-electron chi connectivity index (χ2n) is 7.22. The summed E-state index contributed by atoms with van der Waals surface area (Å²) in [6, 6.07) is 0. The van der Waals surface area contributed by atoms with Gasteiger partial charge in [-0.1, -0.05) is 5.16 Å². The minimum Gasteiger partial charge on any atom is -0.383 e. The maximum absolute atomic E-state index is 12.4. The van der Waals surface area contributed by atoms with Crippen molar-refractivity contribution in [1.82, 2.24) is 24.8 Å². The lowest BCUT2D eigenvalue weighted by Gasteiger charge is -2.49. The zero-order chi connectivity index (χ0) is 17.9. The zero-order valence-corrected chi connectivity index (χ0v) is 15.5. The fraction of sp³-hybridized carbons (Fsp3) is 0.824. The van der Waals surface area contributed by atoms with E-state index in [1.54, 1.807) is 7.11 Å². The molecule has 1 aromatic heterocycles. The Hall–Kier alpha value is -1.51. The Morgan fingerprint density at radius 1 is 1.28 bits per heavy atom. The largest absolute Gasteiger partial charge is 0.383 e. The Balaban J connectivity index is 1.66. The molecule has 0 unspecified atom stereocenters. The number of hydrogen-bond acceptors (Lipinski definition) is 7. The van der Waals surface area contributed by atoms with Crippen LogP contribution in [0.2, 0.25) is 0 Å². The molecule has 2 fully saturated rings. The molecule has 1 aromatic rings. The van der Waals surface area contributed by atoms with Crippen molar-refractivity contribution in [3.63, 3.8) is 0 Å². The average Bonchev–Trinajstić information content (AvgIpc) is 2.93. The van der Waals surface area contributed by atoms with Crippen molar-refractivity contribution in [1.29, 1.82) is 0 Å². The monoisotopic (exact) mass is 351 g/mol. The number of carbonyl (C=O) groups excluding carboxylic acids is 1. The predicted molar refractivity (Wildman–Crippen MR) is 92.0 cm³/mol. The first-order chi connectivity index (χ1) is 12.0. The first-order valence-corrected chi connectivity index (χ1v) is 9.02. The third-order valence-electron chi connectivity index (χ3n) is 5.58. The second-order valence-corrected chi connectivity index (χ2v) is 7.22. The summed E-state index contributed by atoms with van der Waals surface area (Å²) >= 11 is 0. The molecule has 1 spiro atoms. The number of likely N-dealkylation sites (N-methyl/N-ethyl adjacent to an activating group) is 1. The van der Waals surface area contributed by atoms with Gasteiger partial charge in [0.25, 0.3) is 0 Å². The molecule has 2 aliphatic rings. The van der Waals surface area contributed by atoms with Crippen LogP contribution in [0.4, 0.5) is 0 Å². The molecule has 0 aromatic carbocycles. The summed E-state index contributed by atoms with van der Waals surface area (Å²) in [6.07, 6.45) is 2.48. The maximum atomic E-state index is 12.4. The molecule has 2 aliphatic heterocycles. The first-order valence-electron chi connectivity index (χ1n) is 9.02. The Morgan fingerprint density at radius 2 is 2.12 bits per heavy atom. The second kappa shape index (κ2) is 7.80. The molecule has 0 N–H and O–H groups in total. The van der Waals surface area contributed by atoms with Crippen molar-refractivity contribution >= 4 is 5.91 Å². The molecule has 25 heavy (non-hydrogen) atoms. The lowest BCUT2D eigenvalue weighted by Crippen LogP contribution is -2.60. The molecular formula is C17H29N5O3. The van der Waals surface area contributed by atoms with Gasteiger partial charge in [0.2, 0.25) is 11.8 Å². The molecule has 2 saturated heterocycles. The van der Waals surface area contributed by atoms with Crippen LogP contribution in [0.3, 0.4) is 0 Å². The average molecular weight is 351 g/mol. The summed E-state index contributed by atoms with van der Waals surface area (Å²) in [5, 5.41) is 3.88. The molecule has 140 valence electrons. The molecule has 1 amide bonds. The van der Waals surface area contributed by atoms with Crippen molar-refractivity contribution in [3.05, 3.63) is 11.7 Å². The van der Waals surface area contributed by atoms with Gasteiger partial charge in [-0.3, -0.25) is 14.6 Å². The van der Waals surface area contributed by atoms with Gasteiger partial charge >= 0.3 is 0 Å². The number of likely N-dealkylation sites (tertiary alicyclic amines) is 1. The van der Waals surface area contributed by atoms with Crippen LogP contribution < -0.4 is 0 Å². The number of nitrogens with zero attached hydrogens (tertiary/aromatic N) is 5. The number of carbonyl (C=O) groups is 1. The van der Waals surface area contributed by atoms with Crippen molar-refractivity contribution in [2.75, 3.05) is 53.5 Å². The summed E-state index contributed by atoms with van der Waals surface area (Å²) in [5.41, 5.74) is 0.0325. The van der Waals surface area contributed by atoms with Crippen LogP contribution in [0, 0.1) is 6.92 Å². The van der Waals surface area contributed by atoms with E-state index in [4.69, 9.17) is 9.26 Å². The zero-order valence-electron chi connectivity index (χ0n) is 15.5. The summed E-state index contributed by atoms with van der Waals surface area (Å²) in [7, 11) is 3.86. The van der Waals surface area contributed by atoms with Gasteiger partial charge < -0.3 is 14.2 Å². The van der Waals surface area contributed by atoms with Crippen molar-refractivity contribution < 1.29 is 14.1 Å². The van der Waals surface area contributed by atoms with Gasteiger partial charge in [-0.2, -0.15) is 4.98 Å². The molecule has 3 heterocycles. The van der Waals surface area contributed by atoms with Gasteiger partial charge in [0.15, 0.2) is 5.82 Å². The van der Waals surface area contributed by atoms with E-state index in [2.05, 4.69) is 27.0 Å². The first kappa shape index (κ1) is 18.3. The van der Waals surface area contributed by atoms with E-state index in [9.17, 15) is 4.79 Å². The molecule has 0 radical (unpaired) electrons. The maximum Gasteiger partial charge on any atom is 0.240 e. The minimum absolute atomic E-state index is 0.0325. The highest BCUT2D eigenvalue weighted by atomic mass is 16.5. The molecule has 3 rings (SSSR count).